The summed E-state index contributed by atoms with van der Waals surface area (Å²) in [7, 11) is 1.60. The van der Waals surface area contributed by atoms with Crippen LogP contribution in [0.2, 0.25) is 0 Å². The van der Waals surface area contributed by atoms with Gasteiger partial charge in [-0.25, -0.2) is 9.97 Å². The second kappa shape index (κ2) is 7.96. The fourth-order valence-corrected chi connectivity index (χ4v) is 2.88. The first-order valence-electron chi connectivity index (χ1n) is 8.64. The van der Waals surface area contributed by atoms with E-state index in [0.29, 0.717) is 23.9 Å². The molecule has 6 nitrogen and oxygen atoms in total. The Morgan fingerprint density at radius 3 is 2.76 bits per heavy atom. The molecule has 1 saturated heterocycles. The number of amides is 1. The van der Waals surface area contributed by atoms with E-state index in [-0.39, 0.29) is 5.91 Å². The topological polar surface area (TPSA) is 67.3 Å². The van der Waals surface area contributed by atoms with Crippen LogP contribution in [0.15, 0.2) is 36.7 Å². The largest absolute Gasteiger partial charge is 0.481 e. The number of likely N-dealkylation sites (tertiary alicyclic amines) is 1. The second-order valence-corrected chi connectivity index (χ2v) is 6.47. The molecule has 3 heterocycles. The van der Waals surface area contributed by atoms with Gasteiger partial charge in [0, 0.05) is 38.1 Å². The Morgan fingerprint density at radius 2 is 2.08 bits per heavy atom. The van der Waals surface area contributed by atoms with Gasteiger partial charge >= 0.3 is 0 Å². The smallest absolute Gasteiger partial charge is 0.255 e. The Balaban J connectivity index is 1.57. The van der Waals surface area contributed by atoms with Gasteiger partial charge in [-0.2, -0.15) is 0 Å². The number of hydrogen-bond donors (Lipinski definition) is 1. The number of piperidine rings is 1. The van der Waals surface area contributed by atoms with Crippen molar-refractivity contribution in [1.82, 2.24) is 14.9 Å². The van der Waals surface area contributed by atoms with Crippen molar-refractivity contribution in [3.8, 4) is 5.88 Å². The average Bonchev–Trinajstić information content (AvgIpc) is 2.67. The van der Waals surface area contributed by atoms with Gasteiger partial charge < -0.3 is 15.0 Å². The molecule has 0 saturated carbocycles. The van der Waals surface area contributed by atoms with Crippen LogP contribution >= 0.6 is 0 Å². The van der Waals surface area contributed by atoms with Crippen LogP contribution in [0.4, 0.5) is 5.82 Å². The Kier molecular flexibility index (Phi) is 5.48. The van der Waals surface area contributed by atoms with Gasteiger partial charge in [-0.05, 0) is 42.5 Å². The lowest BCUT2D eigenvalue weighted by Crippen LogP contribution is -2.37. The number of carbonyl (C=O) groups is 1. The lowest BCUT2D eigenvalue weighted by molar-refractivity contribution is 0.0697. The van der Waals surface area contributed by atoms with Gasteiger partial charge in [-0.1, -0.05) is 6.92 Å². The van der Waals surface area contributed by atoms with Gasteiger partial charge in [0.2, 0.25) is 5.88 Å². The molecule has 0 aliphatic carbocycles. The highest BCUT2D eigenvalue weighted by Gasteiger charge is 2.21. The fraction of sp³-hybridized carbons (Fsp3) is 0.421. The summed E-state index contributed by atoms with van der Waals surface area (Å²) in [5, 5.41) is 3.24. The van der Waals surface area contributed by atoms with Crippen LogP contribution in [0.5, 0.6) is 5.88 Å². The minimum atomic E-state index is 0.0739. The van der Waals surface area contributed by atoms with Crippen molar-refractivity contribution in [3.63, 3.8) is 0 Å². The Hall–Kier alpha value is -2.63. The summed E-state index contributed by atoms with van der Waals surface area (Å²) in [6.07, 6.45) is 5.52. The predicted octanol–water partition coefficient (Wildman–Crippen LogP) is 2.97. The minimum absolute atomic E-state index is 0.0739. The maximum Gasteiger partial charge on any atom is 0.255 e. The minimum Gasteiger partial charge on any atom is -0.481 e. The van der Waals surface area contributed by atoms with Crippen molar-refractivity contribution in [2.75, 3.05) is 25.5 Å². The summed E-state index contributed by atoms with van der Waals surface area (Å²) < 4.78 is 5.12. The first-order valence-corrected chi connectivity index (χ1v) is 8.64. The molecule has 1 N–H and O–H groups in total. The number of pyridine rings is 2. The van der Waals surface area contributed by atoms with Crippen LogP contribution in [0.3, 0.4) is 0 Å². The Labute approximate surface area is 148 Å². The van der Waals surface area contributed by atoms with Crippen LogP contribution in [0.25, 0.3) is 0 Å². The SMILES string of the molecule is COc1cc(CNc2ccc(C(=O)N3CCC(C)CC3)cn2)ccn1. The number of methoxy groups -OCH3 is 1. The molecule has 2 aromatic heterocycles. The predicted molar refractivity (Wildman–Crippen MR) is 96.7 cm³/mol. The van der Waals surface area contributed by atoms with Crippen LogP contribution in [0, 0.1) is 5.92 Å². The second-order valence-electron chi connectivity index (χ2n) is 6.47. The molecule has 25 heavy (non-hydrogen) atoms. The maximum absolute atomic E-state index is 12.5. The van der Waals surface area contributed by atoms with Crippen LogP contribution in [0.1, 0.15) is 35.7 Å². The maximum atomic E-state index is 12.5. The monoisotopic (exact) mass is 340 g/mol. The van der Waals surface area contributed by atoms with Crippen molar-refractivity contribution in [1.29, 1.82) is 0 Å². The zero-order chi connectivity index (χ0) is 17.6. The highest BCUT2D eigenvalue weighted by atomic mass is 16.5. The number of nitrogens with one attached hydrogen (secondary N) is 1. The van der Waals surface area contributed by atoms with Crippen LogP contribution in [-0.4, -0.2) is 41.0 Å². The van der Waals surface area contributed by atoms with E-state index in [2.05, 4.69) is 22.2 Å². The van der Waals surface area contributed by atoms with E-state index in [1.54, 1.807) is 19.5 Å². The van der Waals surface area contributed by atoms with E-state index >= 15 is 0 Å². The van der Waals surface area contributed by atoms with Gasteiger partial charge in [0.15, 0.2) is 0 Å². The molecule has 6 heteroatoms. The first kappa shape index (κ1) is 17.2. The Bertz CT molecular complexity index is 710. The lowest BCUT2D eigenvalue weighted by Gasteiger charge is -2.30. The molecule has 2 aromatic rings. The molecule has 1 fully saturated rings. The van der Waals surface area contributed by atoms with Gasteiger partial charge in [0.25, 0.3) is 5.91 Å². The normalized spacial score (nSPS) is 15.0. The van der Waals surface area contributed by atoms with Crippen LogP contribution in [-0.2, 0) is 6.54 Å². The van der Waals surface area contributed by atoms with Crippen molar-refractivity contribution in [3.05, 3.63) is 47.8 Å². The third kappa shape index (κ3) is 4.47. The number of hydrogen-bond acceptors (Lipinski definition) is 5. The molecule has 0 atom stereocenters. The standard InChI is InChI=1S/C19H24N4O2/c1-14-6-9-23(10-7-14)19(24)16-3-4-17(22-13-16)21-12-15-5-8-20-18(11-15)25-2/h3-5,8,11,13-14H,6-7,9-10,12H2,1-2H3,(H,21,22). The summed E-state index contributed by atoms with van der Waals surface area (Å²) in [4.78, 5) is 22.9. The molecule has 132 valence electrons. The summed E-state index contributed by atoms with van der Waals surface area (Å²) in [6, 6.07) is 7.48. The number of anilines is 1. The van der Waals surface area contributed by atoms with Gasteiger partial charge in [0.1, 0.15) is 5.82 Å². The molecular formula is C19H24N4O2. The fourth-order valence-electron chi connectivity index (χ4n) is 2.88. The van der Waals surface area contributed by atoms with E-state index in [1.807, 2.05) is 29.2 Å². The van der Waals surface area contributed by atoms with E-state index in [1.165, 1.54) is 0 Å². The van der Waals surface area contributed by atoms with Crippen molar-refractivity contribution >= 4 is 11.7 Å². The number of aromatic nitrogens is 2. The Morgan fingerprint density at radius 1 is 1.28 bits per heavy atom. The van der Waals surface area contributed by atoms with E-state index in [0.717, 1.165) is 37.3 Å². The molecule has 0 bridgehead atoms. The molecule has 0 aromatic carbocycles. The lowest BCUT2D eigenvalue weighted by atomic mass is 9.99. The van der Waals surface area contributed by atoms with Gasteiger partial charge in [0.05, 0.1) is 12.7 Å². The zero-order valence-electron chi connectivity index (χ0n) is 14.7. The van der Waals surface area contributed by atoms with Crippen molar-refractivity contribution in [2.24, 2.45) is 5.92 Å². The van der Waals surface area contributed by atoms with E-state index in [4.69, 9.17) is 4.74 Å². The number of rotatable bonds is 5. The summed E-state index contributed by atoms with van der Waals surface area (Å²) in [5.74, 6) is 2.11. The third-order valence-corrected chi connectivity index (χ3v) is 4.56. The molecule has 0 radical (unpaired) electrons. The van der Waals surface area contributed by atoms with Gasteiger partial charge in [-0.3, -0.25) is 4.79 Å². The molecule has 1 amide bonds. The van der Waals surface area contributed by atoms with Crippen molar-refractivity contribution < 1.29 is 9.53 Å². The zero-order valence-corrected chi connectivity index (χ0v) is 14.7. The van der Waals surface area contributed by atoms with E-state index in [9.17, 15) is 4.79 Å². The average molecular weight is 340 g/mol. The summed E-state index contributed by atoms with van der Waals surface area (Å²) in [5.41, 5.74) is 1.70. The molecule has 0 spiro atoms. The van der Waals surface area contributed by atoms with Crippen LogP contribution < -0.4 is 10.1 Å². The summed E-state index contributed by atoms with van der Waals surface area (Å²) >= 11 is 0. The first-order chi connectivity index (χ1) is 12.2. The summed E-state index contributed by atoms with van der Waals surface area (Å²) in [6.45, 7) is 4.53. The highest BCUT2D eigenvalue weighted by Crippen LogP contribution is 2.18. The molecule has 1 aliphatic heterocycles. The number of carbonyl (C=O) groups excluding carboxylic acids is 1. The highest BCUT2D eigenvalue weighted by molar-refractivity contribution is 5.94. The number of nitrogens with zero attached hydrogens (tertiary/aromatic N) is 3. The molecule has 3 rings (SSSR count). The third-order valence-electron chi connectivity index (χ3n) is 4.56. The quantitative estimate of drug-likeness (QED) is 0.906. The molecule has 0 unspecified atom stereocenters. The molecular weight excluding hydrogens is 316 g/mol. The van der Waals surface area contributed by atoms with Gasteiger partial charge in [-0.15, -0.1) is 0 Å². The number of ether oxygens (including phenoxy) is 1. The molecule has 1 aliphatic rings. The van der Waals surface area contributed by atoms with Crippen molar-refractivity contribution in [2.45, 2.75) is 26.3 Å². The van der Waals surface area contributed by atoms with E-state index < -0.39 is 0 Å².